The van der Waals surface area contributed by atoms with Crippen LogP contribution in [0.1, 0.15) is 30.0 Å². The number of anilines is 1. The van der Waals surface area contributed by atoms with Gasteiger partial charge in [-0.15, -0.1) is 0 Å². The second kappa shape index (κ2) is 6.59. The van der Waals surface area contributed by atoms with Gasteiger partial charge >= 0.3 is 0 Å². The fraction of sp³-hybridized carbons (Fsp3) is 0.211. The van der Waals surface area contributed by atoms with Gasteiger partial charge in [0, 0.05) is 22.0 Å². The standard InChI is InChI=1S/C19H18BrNO2/c1-12(2)11-21-17-15-5-3-4-6-16(15)23-19(17)18(22)13-7-9-14(20)10-8-13/h3-10,12,21H,11H2,1-2H3. The number of rotatable bonds is 5. The second-order valence-electron chi connectivity index (χ2n) is 5.91. The lowest BCUT2D eigenvalue weighted by molar-refractivity contribution is 0.101. The van der Waals surface area contributed by atoms with Crippen molar-refractivity contribution in [3.05, 3.63) is 64.3 Å². The molecule has 0 saturated carbocycles. The van der Waals surface area contributed by atoms with Crippen molar-refractivity contribution in [3.8, 4) is 0 Å². The normalized spacial score (nSPS) is 11.1. The monoisotopic (exact) mass is 371 g/mol. The average Bonchev–Trinajstić information content (AvgIpc) is 2.91. The summed E-state index contributed by atoms with van der Waals surface area (Å²) in [7, 11) is 0. The minimum atomic E-state index is -0.111. The molecule has 0 aliphatic heterocycles. The molecule has 0 spiro atoms. The molecule has 3 rings (SSSR count). The predicted octanol–water partition coefficient (Wildman–Crippen LogP) is 5.49. The van der Waals surface area contributed by atoms with Crippen LogP contribution in [0.3, 0.4) is 0 Å². The Morgan fingerprint density at radius 2 is 1.83 bits per heavy atom. The highest BCUT2D eigenvalue weighted by Crippen LogP contribution is 2.32. The van der Waals surface area contributed by atoms with Crippen molar-refractivity contribution in [3.63, 3.8) is 0 Å². The van der Waals surface area contributed by atoms with Crippen molar-refractivity contribution < 1.29 is 9.21 Å². The topological polar surface area (TPSA) is 42.2 Å². The first-order valence-electron chi connectivity index (χ1n) is 7.62. The van der Waals surface area contributed by atoms with Gasteiger partial charge in [-0.05, 0) is 42.3 Å². The molecule has 1 aromatic heterocycles. The van der Waals surface area contributed by atoms with Gasteiger partial charge < -0.3 is 9.73 Å². The fourth-order valence-electron chi connectivity index (χ4n) is 2.42. The maximum Gasteiger partial charge on any atom is 0.230 e. The Balaban J connectivity index is 2.06. The third kappa shape index (κ3) is 3.32. The third-order valence-corrected chi connectivity index (χ3v) is 4.12. The van der Waals surface area contributed by atoms with Crippen LogP contribution in [0.2, 0.25) is 0 Å². The molecule has 0 aliphatic carbocycles. The largest absolute Gasteiger partial charge is 0.450 e. The van der Waals surface area contributed by atoms with Gasteiger partial charge in [0.15, 0.2) is 5.76 Å². The first-order valence-corrected chi connectivity index (χ1v) is 8.41. The predicted molar refractivity (Wildman–Crippen MR) is 97.1 cm³/mol. The highest BCUT2D eigenvalue weighted by Gasteiger charge is 2.21. The molecule has 3 nitrogen and oxygen atoms in total. The lowest BCUT2D eigenvalue weighted by Gasteiger charge is -2.09. The van der Waals surface area contributed by atoms with Gasteiger partial charge in [0.25, 0.3) is 0 Å². The summed E-state index contributed by atoms with van der Waals surface area (Å²) in [6.45, 7) is 5.04. The molecule has 0 bridgehead atoms. The minimum absolute atomic E-state index is 0.111. The number of carbonyl (C=O) groups excluding carboxylic acids is 1. The van der Waals surface area contributed by atoms with Crippen LogP contribution in [0.15, 0.2) is 57.4 Å². The molecule has 0 radical (unpaired) electrons. The summed E-state index contributed by atoms with van der Waals surface area (Å²) in [5.74, 6) is 0.730. The van der Waals surface area contributed by atoms with Crippen molar-refractivity contribution in [1.82, 2.24) is 0 Å². The van der Waals surface area contributed by atoms with E-state index in [4.69, 9.17) is 4.42 Å². The van der Waals surface area contributed by atoms with Crippen LogP contribution in [0.4, 0.5) is 5.69 Å². The number of hydrogen-bond acceptors (Lipinski definition) is 3. The summed E-state index contributed by atoms with van der Waals surface area (Å²) in [6, 6.07) is 15.0. The van der Waals surface area contributed by atoms with Crippen LogP contribution in [-0.2, 0) is 0 Å². The Morgan fingerprint density at radius 3 is 2.52 bits per heavy atom. The van der Waals surface area contributed by atoms with Crippen LogP contribution in [0.25, 0.3) is 11.0 Å². The van der Waals surface area contributed by atoms with E-state index >= 15 is 0 Å². The van der Waals surface area contributed by atoms with Crippen molar-refractivity contribution in [2.45, 2.75) is 13.8 Å². The lowest BCUT2D eigenvalue weighted by atomic mass is 10.1. The minimum Gasteiger partial charge on any atom is -0.450 e. The third-order valence-electron chi connectivity index (χ3n) is 3.60. The van der Waals surface area contributed by atoms with E-state index in [-0.39, 0.29) is 5.78 Å². The summed E-state index contributed by atoms with van der Waals surface area (Å²) >= 11 is 3.39. The quantitative estimate of drug-likeness (QED) is 0.602. The van der Waals surface area contributed by atoms with Crippen LogP contribution >= 0.6 is 15.9 Å². The smallest absolute Gasteiger partial charge is 0.230 e. The van der Waals surface area contributed by atoms with Gasteiger partial charge in [-0.1, -0.05) is 41.9 Å². The van der Waals surface area contributed by atoms with E-state index in [9.17, 15) is 4.79 Å². The van der Waals surface area contributed by atoms with Crippen molar-refractivity contribution in [1.29, 1.82) is 0 Å². The number of carbonyl (C=O) groups is 1. The molecule has 1 N–H and O–H groups in total. The summed E-state index contributed by atoms with van der Waals surface area (Å²) in [5.41, 5.74) is 2.11. The Hall–Kier alpha value is -2.07. The van der Waals surface area contributed by atoms with Gasteiger partial charge in [-0.3, -0.25) is 4.79 Å². The average molecular weight is 372 g/mol. The molecule has 0 amide bonds. The van der Waals surface area contributed by atoms with Gasteiger partial charge in [0.1, 0.15) is 5.58 Å². The van der Waals surface area contributed by atoms with Gasteiger partial charge in [-0.2, -0.15) is 0 Å². The molecule has 2 aromatic carbocycles. The summed E-state index contributed by atoms with van der Waals surface area (Å²) in [6.07, 6.45) is 0. The number of para-hydroxylation sites is 1. The molecule has 0 atom stereocenters. The van der Waals surface area contributed by atoms with E-state index in [1.54, 1.807) is 12.1 Å². The van der Waals surface area contributed by atoms with Crippen LogP contribution in [0.5, 0.6) is 0 Å². The maximum absolute atomic E-state index is 12.8. The lowest BCUT2D eigenvalue weighted by Crippen LogP contribution is -2.11. The van der Waals surface area contributed by atoms with Gasteiger partial charge in [-0.25, -0.2) is 0 Å². The van der Waals surface area contributed by atoms with E-state index < -0.39 is 0 Å². The van der Waals surface area contributed by atoms with E-state index in [2.05, 4.69) is 35.1 Å². The summed E-state index contributed by atoms with van der Waals surface area (Å²) in [5, 5.41) is 4.31. The molecule has 3 aromatic rings. The zero-order chi connectivity index (χ0) is 16.4. The molecule has 0 fully saturated rings. The van der Waals surface area contributed by atoms with Crippen LogP contribution < -0.4 is 5.32 Å². The van der Waals surface area contributed by atoms with Crippen molar-refractivity contribution in [2.75, 3.05) is 11.9 Å². The number of fused-ring (bicyclic) bond motifs is 1. The molecular formula is C19H18BrNO2. The number of furan rings is 1. The number of ketones is 1. The number of benzene rings is 2. The first kappa shape index (κ1) is 15.8. The second-order valence-corrected chi connectivity index (χ2v) is 6.83. The summed E-state index contributed by atoms with van der Waals surface area (Å²) in [4.78, 5) is 12.8. The Labute approximate surface area is 143 Å². The fourth-order valence-corrected chi connectivity index (χ4v) is 2.68. The summed E-state index contributed by atoms with van der Waals surface area (Å²) < 4.78 is 6.80. The van der Waals surface area contributed by atoms with E-state index in [0.717, 1.165) is 27.7 Å². The SMILES string of the molecule is CC(C)CNc1c(C(=O)c2ccc(Br)cc2)oc2ccccc12. The van der Waals surface area contributed by atoms with Crippen LogP contribution in [-0.4, -0.2) is 12.3 Å². The Kier molecular flexibility index (Phi) is 4.53. The highest BCUT2D eigenvalue weighted by atomic mass is 79.9. The molecule has 118 valence electrons. The molecule has 0 unspecified atom stereocenters. The van der Waals surface area contributed by atoms with Gasteiger partial charge in [0.05, 0.1) is 5.69 Å². The van der Waals surface area contributed by atoms with Gasteiger partial charge in [0.2, 0.25) is 5.78 Å². The van der Waals surface area contributed by atoms with E-state index in [0.29, 0.717) is 17.2 Å². The molecule has 1 heterocycles. The Morgan fingerprint density at radius 1 is 1.13 bits per heavy atom. The van der Waals surface area contributed by atoms with E-state index in [1.807, 2.05) is 36.4 Å². The number of hydrogen-bond donors (Lipinski definition) is 1. The zero-order valence-electron chi connectivity index (χ0n) is 13.1. The molecule has 23 heavy (non-hydrogen) atoms. The first-order chi connectivity index (χ1) is 11.1. The number of halogens is 1. The van der Waals surface area contributed by atoms with Crippen molar-refractivity contribution >= 4 is 38.4 Å². The maximum atomic E-state index is 12.8. The van der Waals surface area contributed by atoms with E-state index in [1.165, 1.54) is 0 Å². The molecular weight excluding hydrogens is 354 g/mol. The molecule has 0 saturated heterocycles. The highest BCUT2D eigenvalue weighted by molar-refractivity contribution is 9.10. The molecule has 4 heteroatoms. The van der Waals surface area contributed by atoms with Crippen LogP contribution in [0, 0.1) is 5.92 Å². The number of nitrogens with one attached hydrogen (secondary N) is 1. The zero-order valence-corrected chi connectivity index (χ0v) is 14.7. The Bertz CT molecular complexity index is 834. The molecule has 0 aliphatic rings. The van der Waals surface area contributed by atoms with Crippen molar-refractivity contribution in [2.24, 2.45) is 5.92 Å².